The molecule has 2 nitrogen and oxygen atoms in total. The predicted molar refractivity (Wildman–Crippen MR) is 77.9 cm³/mol. The van der Waals surface area contributed by atoms with E-state index in [0.717, 1.165) is 27.8 Å². The van der Waals surface area contributed by atoms with E-state index in [1.54, 1.807) is 11.3 Å². The van der Waals surface area contributed by atoms with E-state index >= 15 is 0 Å². The Bertz CT molecular complexity index is 788. The molecule has 3 rings (SSSR count). The maximum absolute atomic E-state index is 13.7. The van der Waals surface area contributed by atoms with E-state index in [0.29, 0.717) is 6.29 Å². The van der Waals surface area contributed by atoms with E-state index < -0.39 is 17.4 Å². The lowest BCUT2D eigenvalue weighted by Crippen LogP contribution is -2.00. The molecule has 0 radical (unpaired) electrons. The first-order valence-electron chi connectivity index (χ1n) is 6.21. The highest BCUT2D eigenvalue weighted by Crippen LogP contribution is 2.28. The standard InChI is InChI=1S/C16H10F2O2S/c17-13-5-10(7-19)6-14(18)16(13)20-8-11-9-21-15-4-2-1-3-12(11)15/h1-7,9H,8H2. The van der Waals surface area contributed by atoms with Gasteiger partial charge in [-0.15, -0.1) is 11.3 Å². The van der Waals surface area contributed by atoms with Gasteiger partial charge in [-0.3, -0.25) is 4.79 Å². The molecule has 0 N–H and O–H groups in total. The molecule has 1 heterocycles. The number of halogens is 2. The summed E-state index contributed by atoms with van der Waals surface area (Å²) in [6.07, 6.45) is 0.391. The molecule has 0 unspecified atom stereocenters. The van der Waals surface area contributed by atoms with E-state index in [-0.39, 0.29) is 12.2 Å². The number of benzene rings is 2. The zero-order valence-corrected chi connectivity index (χ0v) is 11.6. The molecule has 3 aromatic rings. The number of hydrogen-bond donors (Lipinski definition) is 0. The fraction of sp³-hybridized carbons (Fsp3) is 0.0625. The minimum atomic E-state index is -0.878. The van der Waals surface area contributed by atoms with Crippen molar-refractivity contribution in [2.45, 2.75) is 6.61 Å². The topological polar surface area (TPSA) is 26.3 Å². The summed E-state index contributed by atoms with van der Waals surface area (Å²) in [5, 5.41) is 2.91. The van der Waals surface area contributed by atoms with Gasteiger partial charge in [0.1, 0.15) is 12.9 Å². The summed E-state index contributed by atoms with van der Waals surface area (Å²) >= 11 is 1.55. The van der Waals surface area contributed by atoms with Gasteiger partial charge < -0.3 is 4.74 Å². The first-order chi connectivity index (χ1) is 10.2. The van der Waals surface area contributed by atoms with Gasteiger partial charge >= 0.3 is 0 Å². The van der Waals surface area contributed by atoms with Crippen LogP contribution in [0.4, 0.5) is 8.78 Å². The molecule has 1 aromatic heterocycles. The number of ether oxygens (including phenoxy) is 1. The molecule has 0 aliphatic rings. The second-order valence-corrected chi connectivity index (χ2v) is 5.39. The average molecular weight is 304 g/mol. The molecule has 21 heavy (non-hydrogen) atoms. The number of carbonyl (C=O) groups excluding carboxylic acids is 1. The van der Waals surface area contributed by atoms with Crippen molar-refractivity contribution in [2.24, 2.45) is 0 Å². The van der Waals surface area contributed by atoms with Gasteiger partial charge in [-0.2, -0.15) is 0 Å². The number of rotatable bonds is 4. The first kappa shape index (κ1) is 13.7. The smallest absolute Gasteiger partial charge is 0.191 e. The van der Waals surface area contributed by atoms with Crippen molar-refractivity contribution in [3.8, 4) is 5.75 Å². The summed E-state index contributed by atoms with van der Waals surface area (Å²) in [5.41, 5.74) is 0.812. The molecule has 0 aliphatic heterocycles. The van der Waals surface area contributed by atoms with Crippen molar-refractivity contribution in [1.82, 2.24) is 0 Å². The monoisotopic (exact) mass is 304 g/mol. The highest BCUT2D eigenvalue weighted by Gasteiger charge is 2.13. The Morgan fingerprint density at radius 1 is 1.14 bits per heavy atom. The molecule has 0 spiro atoms. The fourth-order valence-corrected chi connectivity index (χ4v) is 3.03. The summed E-state index contributed by atoms with van der Waals surface area (Å²) in [7, 11) is 0. The third-order valence-corrected chi connectivity index (χ3v) is 4.10. The van der Waals surface area contributed by atoms with Crippen molar-refractivity contribution < 1.29 is 18.3 Å². The van der Waals surface area contributed by atoms with Crippen LogP contribution in [0.1, 0.15) is 15.9 Å². The number of thiophene rings is 1. The maximum Gasteiger partial charge on any atom is 0.191 e. The van der Waals surface area contributed by atoms with Gasteiger partial charge in [0.05, 0.1) is 0 Å². The Morgan fingerprint density at radius 3 is 2.57 bits per heavy atom. The molecule has 0 aliphatic carbocycles. The zero-order chi connectivity index (χ0) is 14.8. The van der Waals surface area contributed by atoms with Crippen LogP contribution in [0.15, 0.2) is 41.8 Å². The number of carbonyl (C=O) groups is 1. The molecule has 0 saturated heterocycles. The van der Waals surface area contributed by atoms with Crippen LogP contribution in [0.2, 0.25) is 0 Å². The first-order valence-corrected chi connectivity index (χ1v) is 7.09. The summed E-state index contributed by atoms with van der Waals surface area (Å²) in [4.78, 5) is 10.5. The van der Waals surface area contributed by atoms with Crippen molar-refractivity contribution in [2.75, 3.05) is 0 Å². The van der Waals surface area contributed by atoms with E-state index in [1.807, 2.05) is 29.6 Å². The molecule has 0 saturated carbocycles. The highest BCUT2D eigenvalue weighted by atomic mass is 32.1. The van der Waals surface area contributed by atoms with Crippen molar-refractivity contribution in [3.05, 3.63) is 64.5 Å². The predicted octanol–water partition coefficient (Wildman–Crippen LogP) is 4.57. The molecule has 0 amide bonds. The van der Waals surface area contributed by atoms with Gasteiger partial charge in [-0.05, 0) is 29.0 Å². The second-order valence-electron chi connectivity index (χ2n) is 4.48. The quantitative estimate of drug-likeness (QED) is 0.660. The molecular weight excluding hydrogens is 294 g/mol. The number of aldehydes is 1. The normalized spacial score (nSPS) is 10.8. The Labute approximate surface area is 123 Å². The third kappa shape index (κ3) is 2.64. The highest BCUT2D eigenvalue weighted by molar-refractivity contribution is 7.17. The van der Waals surface area contributed by atoms with Gasteiger partial charge in [0.25, 0.3) is 0 Å². The third-order valence-electron chi connectivity index (χ3n) is 3.09. The van der Waals surface area contributed by atoms with Crippen LogP contribution in [0, 0.1) is 11.6 Å². The van der Waals surface area contributed by atoms with E-state index in [2.05, 4.69) is 0 Å². The van der Waals surface area contributed by atoms with E-state index in [4.69, 9.17) is 4.74 Å². The molecule has 0 atom stereocenters. The largest absolute Gasteiger partial charge is 0.483 e. The zero-order valence-electron chi connectivity index (χ0n) is 10.8. The van der Waals surface area contributed by atoms with Crippen LogP contribution in [0.3, 0.4) is 0 Å². The summed E-state index contributed by atoms with van der Waals surface area (Å²) in [6.45, 7) is 0.0677. The lowest BCUT2D eigenvalue weighted by atomic mass is 10.2. The molecule has 0 fully saturated rings. The Balaban J connectivity index is 1.86. The molecule has 106 valence electrons. The number of hydrogen-bond acceptors (Lipinski definition) is 3. The van der Waals surface area contributed by atoms with Crippen molar-refractivity contribution >= 4 is 27.7 Å². The van der Waals surface area contributed by atoms with Crippen LogP contribution in [0.5, 0.6) is 5.75 Å². The van der Waals surface area contributed by atoms with Gasteiger partial charge in [-0.25, -0.2) is 8.78 Å². The van der Waals surface area contributed by atoms with Crippen LogP contribution in [-0.2, 0) is 6.61 Å². The molecule has 2 aromatic carbocycles. The summed E-state index contributed by atoms with van der Waals surface area (Å²) < 4.78 is 33.8. The minimum Gasteiger partial charge on any atom is -0.483 e. The van der Waals surface area contributed by atoms with Gasteiger partial charge in [0.15, 0.2) is 17.4 Å². The lowest BCUT2D eigenvalue weighted by molar-refractivity contribution is 0.112. The van der Waals surface area contributed by atoms with E-state index in [9.17, 15) is 13.6 Å². The minimum absolute atomic E-state index is 0.0571. The number of fused-ring (bicyclic) bond motifs is 1. The van der Waals surface area contributed by atoms with Crippen molar-refractivity contribution in [1.29, 1.82) is 0 Å². The van der Waals surface area contributed by atoms with Crippen LogP contribution in [-0.4, -0.2) is 6.29 Å². The van der Waals surface area contributed by atoms with Gasteiger partial charge in [0.2, 0.25) is 0 Å². The van der Waals surface area contributed by atoms with Crippen LogP contribution < -0.4 is 4.74 Å². The summed E-state index contributed by atoms with van der Waals surface area (Å²) in [5.74, 6) is -2.22. The lowest BCUT2D eigenvalue weighted by Gasteiger charge is -2.08. The fourth-order valence-electron chi connectivity index (χ4n) is 2.08. The van der Waals surface area contributed by atoms with Gasteiger partial charge in [-0.1, -0.05) is 18.2 Å². The van der Waals surface area contributed by atoms with Gasteiger partial charge in [0, 0.05) is 15.8 Å². The second kappa shape index (κ2) is 5.61. The van der Waals surface area contributed by atoms with Crippen LogP contribution >= 0.6 is 11.3 Å². The Kier molecular flexibility index (Phi) is 3.66. The maximum atomic E-state index is 13.7. The Hall–Kier alpha value is -2.27. The molecule has 5 heteroatoms. The molecule has 0 bridgehead atoms. The summed E-state index contributed by atoms with van der Waals surface area (Å²) in [6, 6.07) is 9.66. The Morgan fingerprint density at radius 2 is 1.86 bits per heavy atom. The SMILES string of the molecule is O=Cc1cc(F)c(OCc2csc3ccccc23)c(F)c1. The van der Waals surface area contributed by atoms with Crippen LogP contribution in [0.25, 0.3) is 10.1 Å². The van der Waals surface area contributed by atoms with E-state index in [1.165, 1.54) is 0 Å². The van der Waals surface area contributed by atoms with Crippen molar-refractivity contribution in [3.63, 3.8) is 0 Å². The molecular formula is C16H10F2O2S. The average Bonchev–Trinajstić information content (AvgIpc) is 2.89.